The molecular formula is C19H27N5O. The summed E-state index contributed by atoms with van der Waals surface area (Å²) in [4.78, 5) is 15.0. The van der Waals surface area contributed by atoms with E-state index in [4.69, 9.17) is 5.10 Å². The number of hydrogen-bond donors (Lipinski definition) is 2. The van der Waals surface area contributed by atoms with Gasteiger partial charge in [-0.05, 0) is 29.7 Å². The molecule has 1 aliphatic rings. The van der Waals surface area contributed by atoms with Crippen LogP contribution < -0.4 is 10.9 Å². The fourth-order valence-electron chi connectivity index (χ4n) is 4.84. The maximum Gasteiger partial charge on any atom is 0.261 e. The molecule has 6 heteroatoms. The Morgan fingerprint density at radius 1 is 1.48 bits per heavy atom. The highest BCUT2D eigenvalue weighted by Gasteiger charge is 2.49. The third-order valence-corrected chi connectivity index (χ3v) is 5.93. The van der Waals surface area contributed by atoms with Crippen LogP contribution in [0.2, 0.25) is 0 Å². The summed E-state index contributed by atoms with van der Waals surface area (Å²) in [6, 6.07) is 4.35. The van der Waals surface area contributed by atoms with Crippen molar-refractivity contribution in [1.82, 2.24) is 14.8 Å². The van der Waals surface area contributed by atoms with Crippen molar-refractivity contribution in [3.8, 4) is 6.07 Å². The Morgan fingerprint density at radius 2 is 2.20 bits per heavy atom. The second-order valence-electron chi connectivity index (χ2n) is 8.32. The summed E-state index contributed by atoms with van der Waals surface area (Å²) < 4.78 is 1.92. The highest BCUT2D eigenvalue weighted by atomic mass is 16.1. The molecule has 0 radical (unpaired) electrons. The minimum Gasteiger partial charge on any atom is -0.371 e. The Bertz CT molecular complexity index is 887. The molecule has 0 amide bonds. The second kappa shape index (κ2) is 5.91. The van der Waals surface area contributed by atoms with Gasteiger partial charge in [0.05, 0.1) is 23.5 Å². The maximum absolute atomic E-state index is 12.3. The van der Waals surface area contributed by atoms with Gasteiger partial charge in [0.1, 0.15) is 5.39 Å². The third-order valence-electron chi connectivity index (χ3n) is 5.93. The third kappa shape index (κ3) is 2.72. The average molecular weight is 341 g/mol. The van der Waals surface area contributed by atoms with Gasteiger partial charge < -0.3 is 10.3 Å². The van der Waals surface area contributed by atoms with Gasteiger partial charge in [-0.15, -0.1) is 0 Å². The number of H-pyrrole nitrogens is 1. The van der Waals surface area contributed by atoms with Crippen LogP contribution in [0.1, 0.15) is 53.0 Å². The van der Waals surface area contributed by atoms with Gasteiger partial charge in [0, 0.05) is 13.2 Å². The molecule has 134 valence electrons. The summed E-state index contributed by atoms with van der Waals surface area (Å²) >= 11 is 0. The normalized spacial score (nSPS) is 28.6. The lowest BCUT2D eigenvalue weighted by atomic mass is 9.57. The molecule has 0 aromatic carbocycles. The molecule has 0 spiro atoms. The maximum atomic E-state index is 12.3. The number of aromatic amines is 1. The van der Waals surface area contributed by atoms with Gasteiger partial charge in [0.15, 0.2) is 5.82 Å². The van der Waals surface area contributed by atoms with Crippen molar-refractivity contribution in [3.63, 3.8) is 0 Å². The van der Waals surface area contributed by atoms with E-state index in [9.17, 15) is 10.1 Å². The zero-order chi connectivity index (χ0) is 18.4. The summed E-state index contributed by atoms with van der Waals surface area (Å²) in [5.41, 5.74) is 0.683. The zero-order valence-corrected chi connectivity index (χ0v) is 15.7. The van der Waals surface area contributed by atoms with Crippen LogP contribution in [-0.4, -0.2) is 21.8 Å². The van der Waals surface area contributed by atoms with E-state index in [0.717, 1.165) is 24.8 Å². The molecule has 2 aromatic heterocycles. The first kappa shape index (κ1) is 17.5. The van der Waals surface area contributed by atoms with E-state index in [-0.39, 0.29) is 28.3 Å². The molecule has 6 nitrogen and oxygen atoms in total. The molecule has 25 heavy (non-hydrogen) atoms. The topological polar surface area (TPSA) is 86.5 Å². The highest BCUT2D eigenvalue weighted by molar-refractivity contribution is 5.89. The Balaban J connectivity index is 2.22. The molecule has 0 saturated heterocycles. The van der Waals surface area contributed by atoms with Crippen molar-refractivity contribution in [3.05, 3.63) is 22.6 Å². The molecule has 0 bridgehead atoms. The van der Waals surface area contributed by atoms with Gasteiger partial charge in [0.25, 0.3) is 5.56 Å². The molecule has 2 N–H and O–H groups in total. The Kier molecular flexibility index (Phi) is 4.14. The predicted molar refractivity (Wildman–Crippen MR) is 99.5 cm³/mol. The van der Waals surface area contributed by atoms with Crippen LogP contribution in [0.3, 0.4) is 0 Å². The molecule has 3 atom stereocenters. The van der Waals surface area contributed by atoms with Crippen molar-refractivity contribution < 1.29 is 0 Å². The highest BCUT2D eigenvalue weighted by Crippen LogP contribution is 2.55. The van der Waals surface area contributed by atoms with Crippen LogP contribution >= 0.6 is 0 Å². The summed E-state index contributed by atoms with van der Waals surface area (Å²) in [6.45, 7) is 8.91. The van der Waals surface area contributed by atoms with Crippen molar-refractivity contribution >= 4 is 16.7 Å². The lowest BCUT2D eigenvalue weighted by Gasteiger charge is -2.50. The van der Waals surface area contributed by atoms with Crippen molar-refractivity contribution in [1.29, 1.82) is 5.26 Å². The van der Waals surface area contributed by atoms with Crippen LogP contribution in [0.15, 0.2) is 17.1 Å². The molecule has 2 aromatic rings. The number of aromatic nitrogens is 3. The SMILES string of the molecule is CCC1(C)CC(C#N)C(n2nc(NC)c3c(=O)[nH]ccc32)C(C)(C)C1. The number of nitrogens with zero attached hydrogens (tertiary/aromatic N) is 3. The van der Waals surface area contributed by atoms with E-state index >= 15 is 0 Å². The Morgan fingerprint density at radius 3 is 2.80 bits per heavy atom. The van der Waals surface area contributed by atoms with Crippen LogP contribution in [0, 0.1) is 28.1 Å². The van der Waals surface area contributed by atoms with E-state index in [0.29, 0.717) is 11.2 Å². The minimum absolute atomic E-state index is 0.0662. The summed E-state index contributed by atoms with van der Waals surface area (Å²) in [5.74, 6) is 0.425. The number of nitrogens with one attached hydrogen (secondary N) is 2. The molecule has 3 rings (SSSR count). The first-order chi connectivity index (χ1) is 11.8. The molecule has 0 aliphatic heterocycles. The van der Waals surface area contributed by atoms with Crippen molar-refractivity contribution in [2.75, 3.05) is 12.4 Å². The van der Waals surface area contributed by atoms with Gasteiger partial charge in [-0.2, -0.15) is 10.4 Å². The van der Waals surface area contributed by atoms with Crippen molar-refractivity contribution in [2.24, 2.45) is 16.7 Å². The number of fused-ring (bicyclic) bond motifs is 1. The summed E-state index contributed by atoms with van der Waals surface area (Å²) in [7, 11) is 1.76. The fourth-order valence-corrected chi connectivity index (χ4v) is 4.84. The molecule has 1 saturated carbocycles. The molecule has 1 aliphatic carbocycles. The quantitative estimate of drug-likeness (QED) is 0.891. The molecule has 3 unspecified atom stereocenters. The zero-order valence-electron chi connectivity index (χ0n) is 15.7. The Labute approximate surface area is 148 Å². The van der Waals surface area contributed by atoms with Crippen LogP contribution in [0.4, 0.5) is 5.82 Å². The Hall–Kier alpha value is -2.29. The van der Waals surface area contributed by atoms with Crippen LogP contribution in [0.5, 0.6) is 0 Å². The summed E-state index contributed by atoms with van der Waals surface area (Å²) in [5, 5.41) is 18.2. The van der Waals surface area contributed by atoms with Gasteiger partial charge in [-0.1, -0.05) is 34.1 Å². The van der Waals surface area contributed by atoms with Gasteiger partial charge in [0.2, 0.25) is 0 Å². The lowest BCUT2D eigenvalue weighted by Crippen LogP contribution is -2.44. The van der Waals surface area contributed by atoms with E-state index < -0.39 is 0 Å². The number of pyridine rings is 1. The average Bonchev–Trinajstić information content (AvgIpc) is 2.93. The first-order valence-corrected chi connectivity index (χ1v) is 8.93. The molecule has 1 fully saturated rings. The fraction of sp³-hybridized carbons (Fsp3) is 0.632. The molecular weight excluding hydrogens is 314 g/mol. The monoisotopic (exact) mass is 341 g/mol. The van der Waals surface area contributed by atoms with Gasteiger partial charge in [-0.3, -0.25) is 9.48 Å². The lowest BCUT2D eigenvalue weighted by molar-refractivity contribution is 0.0102. The number of nitriles is 1. The van der Waals surface area contributed by atoms with E-state index in [1.165, 1.54) is 0 Å². The molecule has 2 heterocycles. The van der Waals surface area contributed by atoms with Crippen molar-refractivity contribution in [2.45, 2.75) is 53.0 Å². The van der Waals surface area contributed by atoms with Gasteiger partial charge >= 0.3 is 0 Å². The van der Waals surface area contributed by atoms with E-state index in [2.05, 4.69) is 44.1 Å². The summed E-state index contributed by atoms with van der Waals surface area (Å²) in [6.07, 6.45) is 4.59. The number of hydrogen-bond acceptors (Lipinski definition) is 4. The van der Waals surface area contributed by atoms with Crippen LogP contribution in [-0.2, 0) is 0 Å². The smallest absolute Gasteiger partial charge is 0.261 e. The van der Waals surface area contributed by atoms with E-state index in [1.807, 2.05) is 10.7 Å². The largest absolute Gasteiger partial charge is 0.371 e. The van der Waals surface area contributed by atoms with Crippen LogP contribution in [0.25, 0.3) is 10.9 Å². The second-order valence-corrected chi connectivity index (χ2v) is 8.32. The number of anilines is 1. The van der Waals surface area contributed by atoms with E-state index in [1.54, 1.807) is 13.2 Å². The first-order valence-electron chi connectivity index (χ1n) is 8.93. The predicted octanol–water partition coefficient (Wildman–Crippen LogP) is 3.68. The standard InChI is InChI=1S/C19H27N5O/c1-6-19(4)9-12(10-20)15(18(2,3)11-19)24-13-7-8-22-17(25)14(13)16(21-5)23-24/h7-8,12,15H,6,9,11H2,1-5H3,(H,21,23)(H,22,25). The number of rotatable bonds is 3. The van der Waals surface area contributed by atoms with Gasteiger partial charge in [-0.25, -0.2) is 0 Å². The minimum atomic E-state index is -0.159.